The lowest BCUT2D eigenvalue weighted by Crippen LogP contribution is -2.45. The maximum absolute atomic E-state index is 10.7. The van der Waals surface area contributed by atoms with Gasteiger partial charge in [0.25, 0.3) is 0 Å². The molecule has 0 unspecified atom stereocenters. The van der Waals surface area contributed by atoms with Gasteiger partial charge in [-0.15, -0.1) is 0 Å². The molecule has 0 heterocycles. The fourth-order valence-corrected chi connectivity index (χ4v) is 1.34. The lowest BCUT2D eigenvalue weighted by molar-refractivity contribution is -0.146. The van der Waals surface area contributed by atoms with Crippen molar-refractivity contribution in [1.29, 1.82) is 0 Å². The Bertz CT molecular complexity index is 353. The molecule has 0 aromatic rings. The first-order valence-corrected chi connectivity index (χ1v) is 5.60. The van der Waals surface area contributed by atoms with E-state index >= 15 is 0 Å². The number of carbonyl (C=O) groups is 4. The van der Waals surface area contributed by atoms with Gasteiger partial charge in [-0.2, -0.15) is 0 Å². The topological polar surface area (TPSA) is 173 Å². The molecule has 0 aromatic heterocycles. The van der Waals surface area contributed by atoms with Gasteiger partial charge in [0.1, 0.15) is 12.1 Å². The number of carboxylic acids is 4. The molecule has 11 heteroatoms. The van der Waals surface area contributed by atoms with Crippen LogP contribution < -0.4 is 10.6 Å². The Kier molecular flexibility index (Phi) is 11.7. The fourth-order valence-electron chi connectivity index (χ4n) is 1.34. The summed E-state index contributed by atoms with van der Waals surface area (Å²) in [5.41, 5.74) is 0. The first-order valence-electron chi connectivity index (χ1n) is 5.60. The molecule has 2 atom stereocenters. The van der Waals surface area contributed by atoms with Gasteiger partial charge in [-0.1, -0.05) is 0 Å². The molecular formula is C10H16MgN2O8. The average molecular weight is 317 g/mol. The zero-order chi connectivity index (χ0) is 15.7. The quantitative estimate of drug-likeness (QED) is 0.179. The van der Waals surface area contributed by atoms with Gasteiger partial charge < -0.3 is 31.1 Å². The molecule has 0 rings (SSSR count). The maximum atomic E-state index is 10.7. The number of rotatable bonds is 11. The van der Waals surface area contributed by atoms with Gasteiger partial charge in [0.2, 0.25) is 0 Å². The Morgan fingerprint density at radius 3 is 1.19 bits per heavy atom. The number of nitrogens with one attached hydrogen (secondary N) is 2. The molecule has 0 fully saturated rings. The highest BCUT2D eigenvalue weighted by Gasteiger charge is 2.22. The summed E-state index contributed by atoms with van der Waals surface area (Å²) in [4.78, 5) is 42.2. The number of aliphatic carboxylic acids is 4. The van der Waals surface area contributed by atoms with E-state index in [2.05, 4.69) is 10.6 Å². The fraction of sp³-hybridized carbons (Fsp3) is 0.600. The summed E-state index contributed by atoms with van der Waals surface area (Å²) >= 11 is 0. The third kappa shape index (κ3) is 11.0. The van der Waals surface area contributed by atoms with Crippen LogP contribution in [0.5, 0.6) is 0 Å². The van der Waals surface area contributed by atoms with Crippen LogP contribution in [-0.4, -0.2) is 92.5 Å². The van der Waals surface area contributed by atoms with Crippen molar-refractivity contribution in [2.75, 3.05) is 13.1 Å². The Balaban J connectivity index is 0. The summed E-state index contributed by atoms with van der Waals surface area (Å²) in [6, 6.07) is -2.59. The van der Waals surface area contributed by atoms with Crippen molar-refractivity contribution in [1.82, 2.24) is 10.6 Å². The van der Waals surface area contributed by atoms with Crippen molar-refractivity contribution >= 4 is 46.9 Å². The average Bonchev–Trinajstić information content (AvgIpc) is 2.29. The minimum absolute atomic E-state index is 0. The van der Waals surface area contributed by atoms with Crippen molar-refractivity contribution in [2.24, 2.45) is 0 Å². The molecule has 0 aromatic carbocycles. The number of hydrogen-bond acceptors (Lipinski definition) is 6. The molecule has 6 N–H and O–H groups in total. The predicted octanol–water partition coefficient (Wildman–Crippen LogP) is -2.36. The van der Waals surface area contributed by atoms with Gasteiger partial charge in [0, 0.05) is 36.1 Å². The standard InChI is InChI=1S/C10H16N2O8.Mg/c13-7(14)3-5(9(17)18)11-1-2-12-6(10(19)20)4-8(15)16;/h5-6,11-12H,1-4H2,(H,13,14)(H,15,16)(H,17,18)(H,19,20);/t5-,6-;/m0./s1. The highest BCUT2D eigenvalue weighted by Crippen LogP contribution is 1.94. The molecule has 0 saturated heterocycles. The Morgan fingerprint density at radius 2 is 1.00 bits per heavy atom. The van der Waals surface area contributed by atoms with Crippen molar-refractivity contribution < 1.29 is 39.6 Å². The summed E-state index contributed by atoms with van der Waals surface area (Å²) in [5, 5.41) is 39.2. The van der Waals surface area contributed by atoms with Crippen LogP contribution >= 0.6 is 0 Å². The van der Waals surface area contributed by atoms with Crippen LogP contribution in [0, 0.1) is 0 Å². The minimum Gasteiger partial charge on any atom is -0.481 e. The summed E-state index contributed by atoms with van der Waals surface area (Å²) in [5.74, 6) is -5.25. The van der Waals surface area contributed by atoms with E-state index in [1.807, 2.05) is 0 Å². The number of carboxylic acid groups (broad SMARTS) is 4. The second-order valence-electron chi connectivity index (χ2n) is 3.89. The Morgan fingerprint density at radius 1 is 0.714 bits per heavy atom. The molecule has 21 heavy (non-hydrogen) atoms. The molecule has 0 spiro atoms. The van der Waals surface area contributed by atoms with Crippen LogP contribution in [0.4, 0.5) is 0 Å². The lowest BCUT2D eigenvalue weighted by Gasteiger charge is -2.15. The Labute approximate surface area is 135 Å². The maximum Gasteiger partial charge on any atom is 0.321 e. The van der Waals surface area contributed by atoms with E-state index in [-0.39, 0.29) is 36.1 Å². The van der Waals surface area contributed by atoms with Crippen LogP contribution in [0.25, 0.3) is 0 Å². The van der Waals surface area contributed by atoms with E-state index in [0.29, 0.717) is 0 Å². The molecule has 0 saturated carbocycles. The smallest absolute Gasteiger partial charge is 0.321 e. The summed E-state index contributed by atoms with van der Waals surface area (Å²) in [6.07, 6.45) is -1.24. The first kappa shape index (κ1) is 21.9. The molecule has 0 amide bonds. The second-order valence-corrected chi connectivity index (χ2v) is 3.89. The molecule has 0 aliphatic carbocycles. The Hall–Kier alpha value is -1.43. The van der Waals surface area contributed by atoms with Gasteiger partial charge in [-0.25, -0.2) is 0 Å². The normalized spacial score (nSPS) is 12.8. The van der Waals surface area contributed by atoms with Crippen LogP contribution in [0.3, 0.4) is 0 Å². The van der Waals surface area contributed by atoms with Crippen molar-refractivity contribution in [2.45, 2.75) is 24.9 Å². The van der Waals surface area contributed by atoms with E-state index in [1.165, 1.54) is 0 Å². The summed E-state index contributed by atoms with van der Waals surface area (Å²) < 4.78 is 0. The van der Waals surface area contributed by atoms with Crippen LogP contribution in [0.15, 0.2) is 0 Å². The third-order valence-electron chi connectivity index (χ3n) is 2.26. The van der Waals surface area contributed by atoms with Crippen molar-refractivity contribution in [3.63, 3.8) is 0 Å². The monoisotopic (exact) mass is 316 g/mol. The minimum atomic E-state index is -1.34. The molecule has 0 aliphatic rings. The molecular weight excluding hydrogens is 300 g/mol. The summed E-state index contributed by atoms with van der Waals surface area (Å²) in [7, 11) is 0. The largest absolute Gasteiger partial charge is 0.481 e. The second kappa shape index (κ2) is 11.3. The van der Waals surface area contributed by atoms with Crippen LogP contribution in [0.2, 0.25) is 0 Å². The van der Waals surface area contributed by atoms with E-state index in [9.17, 15) is 19.2 Å². The van der Waals surface area contributed by atoms with E-state index in [0.717, 1.165) is 0 Å². The molecule has 0 aliphatic heterocycles. The van der Waals surface area contributed by atoms with Gasteiger partial charge in [0.05, 0.1) is 12.8 Å². The summed E-state index contributed by atoms with van der Waals surface area (Å²) in [6.45, 7) is -0.0404. The van der Waals surface area contributed by atoms with Gasteiger partial charge in [-0.05, 0) is 0 Å². The van der Waals surface area contributed by atoms with Gasteiger partial charge in [-0.3, -0.25) is 19.2 Å². The zero-order valence-electron chi connectivity index (χ0n) is 11.1. The lowest BCUT2D eigenvalue weighted by atomic mass is 10.2. The third-order valence-corrected chi connectivity index (χ3v) is 2.26. The van der Waals surface area contributed by atoms with E-state index in [4.69, 9.17) is 20.4 Å². The number of hydrogen-bond donors (Lipinski definition) is 6. The van der Waals surface area contributed by atoms with Crippen molar-refractivity contribution in [3.8, 4) is 0 Å². The molecule has 116 valence electrons. The van der Waals surface area contributed by atoms with Crippen LogP contribution in [0.1, 0.15) is 12.8 Å². The SMILES string of the molecule is O=C(O)C[C@H](NCCN[C@@H](CC(=O)O)C(=O)O)C(=O)O.[Mg]. The molecule has 0 bridgehead atoms. The van der Waals surface area contributed by atoms with E-state index in [1.54, 1.807) is 0 Å². The van der Waals surface area contributed by atoms with Gasteiger partial charge in [0.15, 0.2) is 0 Å². The molecule has 10 nitrogen and oxygen atoms in total. The molecule has 2 radical (unpaired) electrons. The van der Waals surface area contributed by atoms with Crippen molar-refractivity contribution in [3.05, 3.63) is 0 Å². The highest BCUT2D eigenvalue weighted by atomic mass is 24.3. The first-order chi connectivity index (χ1) is 9.23. The highest BCUT2D eigenvalue weighted by molar-refractivity contribution is 5.81. The van der Waals surface area contributed by atoms with Crippen LogP contribution in [-0.2, 0) is 19.2 Å². The van der Waals surface area contributed by atoms with E-state index < -0.39 is 48.8 Å². The predicted molar refractivity (Wildman–Crippen MR) is 69.1 cm³/mol. The van der Waals surface area contributed by atoms with Gasteiger partial charge >= 0.3 is 23.9 Å². The zero-order valence-corrected chi connectivity index (χ0v) is 12.5.